The van der Waals surface area contributed by atoms with E-state index in [0.717, 1.165) is 12.8 Å². The zero-order valence-corrected chi connectivity index (χ0v) is 22.3. The predicted octanol–water partition coefficient (Wildman–Crippen LogP) is 5.99. The normalized spacial score (nSPS) is 37.9. The first kappa shape index (κ1) is 25.9. The van der Waals surface area contributed by atoms with Gasteiger partial charge in [0.25, 0.3) is 0 Å². The zero-order chi connectivity index (χ0) is 25.5. The van der Waals surface area contributed by atoms with Crippen LogP contribution in [0.2, 0.25) is 0 Å². The van der Waals surface area contributed by atoms with Crippen LogP contribution >= 0.6 is 0 Å². The summed E-state index contributed by atoms with van der Waals surface area (Å²) in [6, 6.07) is 0. The molecule has 0 heterocycles. The SMILES string of the molecule is COC(=O)/C(C)=C/C[C@@H](OC(C)=O)[C@@H](C)[C@H]1CC[C@H]2[C@@H]3CCC4=CC(=O)C=C[C@]4(C)[C@H]3CC[C@]12C. The van der Waals surface area contributed by atoms with Crippen LogP contribution in [0.4, 0.5) is 0 Å². The molecule has 0 amide bonds. The van der Waals surface area contributed by atoms with Crippen LogP contribution in [0.3, 0.4) is 0 Å². The Kier molecular flexibility index (Phi) is 7.19. The van der Waals surface area contributed by atoms with Crippen molar-refractivity contribution >= 4 is 17.7 Å². The van der Waals surface area contributed by atoms with E-state index in [1.54, 1.807) is 13.0 Å². The number of methoxy groups -OCH3 is 1. The molecule has 0 unspecified atom stereocenters. The summed E-state index contributed by atoms with van der Waals surface area (Å²) in [6.07, 6.45) is 14.9. The zero-order valence-electron chi connectivity index (χ0n) is 22.3. The molecule has 0 saturated heterocycles. The Labute approximate surface area is 210 Å². The highest BCUT2D eigenvalue weighted by Gasteiger charge is 2.59. The van der Waals surface area contributed by atoms with E-state index in [9.17, 15) is 14.4 Å². The number of esters is 2. The Morgan fingerprint density at radius 1 is 1.14 bits per heavy atom. The molecule has 0 aromatic carbocycles. The van der Waals surface area contributed by atoms with Gasteiger partial charge < -0.3 is 9.47 Å². The molecule has 4 aliphatic rings. The quantitative estimate of drug-likeness (QED) is 0.344. The van der Waals surface area contributed by atoms with Gasteiger partial charge in [-0.2, -0.15) is 0 Å². The molecule has 35 heavy (non-hydrogen) atoms. The molecular weight excluding hydrogens is 440 g/mol. The van der Waals surface area contributed by atoms with Crippen molar-refractivity contribution in [2.24, 2.45) is 40.4 Å². The minimum absolute atomic E-state index is 0.0122. The largest absolute Gasteiger partial charge is 0.466 e. The first-order valence-electron chi connectivity index (χ1n) is 13.4. The molecular formula is C30H42O5. The Bertz CT molecular complexity index is 973. The molecule has 0 aromatic rings. The topological polar surface area (TPSA) is 69.7 Å². The van der Waals surface area contributed by atoms with E-state index in [2.05, 4.69) is 26.8 Å². The lowest BCUT2D eigenvalue weighted by Gasteiger charge is -2.57. The molecule has 5 heteroatoms. The third kappa shape index (κ3) is 4.56. The second kappa shape index (κ2) is 9.71. The van der Waals surface area contributed by atoms with Gasteiger partial charge in [-0.1, -0.05) is 38.5 Å². The van der Waals surface area contributed by atoms with Crippen LogP contribution in [0.5, 0.6) is 0 Å². The maximum atomic E-state index is 12.0. The lowest BCUT2D eigenvalue weighted by Crippen LogP contribution is -2.50. The van der Waals surface area contributed by atoms with Gasteiger partial charge in [-0.05, 0) is 92.6 Å². The van der Waals surface area contributed by atoms with Crippen LogP contribution in [-0.4, -0.2) is 30.9 Å². The van der Waals surface area contributed by atoms with E-state index in [0.29, 0.717) is 35.7 Å². The lowest BCUT2D eigenvalue weighted by molar-refractivity contribution is -0.151. The molecule has 0 aromatic heterocycles. The first-order chi connectivity index (χ1) is 16.5. The molecule has 5 nitrogen and oxygen atoms in total. The molecule has 0 bridgehead atoms. The number of carbonyl (C=O) groups is 3. The van der Waals surface area contributed by atoms with E-state index < -0.39 is 0 Å². The molecule has 0 N–H and O–H groups in total. The summed E-state index contributed by atoms with van der Waals surface area (Å²) in [5, 5.41) is 0. The van der Waals surface area contributed by atoms with Crippen LogP contribution in [0, 0.1) is 40.4 Å². The first-order valence-corrected chi connectivity index (χ1v) is 13.4. The van der Waals surface area contributed by atoms with Crippen molar-refractivity contribution in [3.63, 3.8) is 0 Å². The van der Waals surface area contributed by atoms with E-state index >= 15 is 0 Å². The Balaban J connectivity index is 1.54. The van der Waals surface area contributed by atoms with Crippen LogP contribution < -0.4 is 0 Å². The van der Waals surface area contributed by atoms with Crippen LogP contribution in [0.25, 0.3) is 0 Å². The van der Waals surface area contributed by atoms with Gasteiger partial charge in [0.15, 0.2) is 5.78 Å². The van der Waals surface area contributed by atoms with Crippen LogP contribution in [0.15, 0.2) is 35.5 Å². The maximum absolute atomic E-state index is 12.0. The second-order valence-corrected chi connectivity index (χ2v) is 12.0. The summed E-state index contributed by atoms with van der Waals surface area (Å²) in [4.78, 5) is 35.9. The number of carbonyl (C=O) groups excluding carboxylic acids is 3. The number of hydrogen-bond donors (Lipinski definition) is 0. The third-order valence-electron chi connectivity index (χ3n) is 10.3. The Hall–Kier alpha value is -2.17. The third-order valence-corrected chi connectivity index (χ3v) is 10.3. The highest BCUT2D eigenvalue weighted by molar-refractivity contribution is 6.01. The van der Waals surface area contributed by atoms with Crippen molar-refractivity contribution < 1.29 is 23.9 Å². The van der Waals surface area contributed by atoms with Crippen molar-refractivity contribution in [2.75, 3.05) is 7.11 Å². The Morgan fingerprint density at radius 3 is 2.57 bits per heavy atom. The standard InChI is InChI=1S/C30H42O5/c1-18(28(33)34-6)7-12-27(35-20(3)31)19(2)24-10-11-25-23-9-8-21-17-22(32)13-15-29(21,4)26(23)14-16-30(24,25)5/h7,13,15,17,19,23-27H,8-12,14,16H2,1-6H3/b18-7+/t19-,23-,24+,25-,26-,27+,29-,30+/m0/s1. The number of fused-ring (bicyclic) bond motifs is 5. The number of hydrogen-bond acceptors (Lipinski definition) is 5. The highest BCUT2D eigenvalue weighted by atomic mass is 16.5. The van der Waals surface area contributed by atoms with Crippen molar-refractivity contribution in [1.29, 1.82) is 0 Å². The van der Waals surface area contributed by atoms with E-state index in [-0.39, 0.29) is 40.6 Å². The van der Waals surface area contributed by atoms with Gasteiger partial charge in [-0.3, -0.25) is 9.59 Å². The number of ether oxygens (including phenoxy) is 2. The lowest BCUT2D eigenvalue weighted by atomic mass is 9.47. The van der Waals surface area contributed by atoms with E-state index in [1.807, 2.05) is 12.2 Å². The molecule has 3 fully saturated rings. The van der Waals surface area contributed by atoms with Gasteiger partial charge in [0.05, 0.1) is 7.11 Å². The van der Waals surface area contributed by atoms with E-state index in [4.69, 9.17) is 9.47 Å². The average Bonchev–Trinajstić information content (AvgIpc) is 3.17. The summed E-state index contributed by atoms with van der Waals surface area (Å²) in [5.74, 6) is 2.11. The summed E-state index contributed by atoms with van der Waals surface area (Å²) < 4.78 is 10.7. The Morgan fingerprint density at radius 2 is 1.89 bits per heavy atom. The molecule has 4 rings (SSSR count). The highest BCUT2D eigenvalue weighted by Crippen LogP contribution is 2.67. The van der Waals surface area contributed by atoms with Crippen molar-refractivity contribution in [1.82, 2.24) is 0 Å². The minimum Gasteiger partial charge on any atom is -0.466 e. The van der Waals surface area contributed by atoms with Gasteiger partial charge in [0.2, 0.25) is 0 Å². The molecule has 0 spiro atoms. The molecule has 0 radical (unpaired) electrons. The van der Waals surface area contributed by atoms with Crippen molar-refractivity contribution in [3.05, 3.63) is 35.5 Å². The molecule has 8 atom stereocenters. The summed E-state index contributed by atoms with van der Waals surface area (Å²) >= 11 is 0. The number of rotatable bonds is 6. The number of ketones is 1. The molecule has 4 aliphatic carbocycles. The fraction of sp³-hybridized carbons (Fsp3) is 0.700. The summed E-state index contributed by atoms with van der Waals surface area (Å²) in [6.45, 7) is 10.3. The summed E-state index contributed by atoms with van der Waals surface area (Å²) in [5.41, 5.74) is 2.11. The maximum Gasteiger partial charge on any atom is 0.333 e. The van der Waals surface area contributed by atoms with Crippen molar-refractivity contribution in [2.45, 2.75) is 85.7 Å². The molecule has 192 valence electrons. The monoisotopic (exact) mass is 482 g/mol. The second-order valence-electron chi connectivity index (χ2n) is 12.0. The van der Waals surface area contributed by atoms with Crippen LogP contribution in [-0.2, 0) is 23.9 Å². The van der Waals surface area contributed by atoms with Crippen LogP contribution in [0.1, 0.15) is 79.6 Å². The van der Waals surface area contributed by atoms with Gasteiger partial charge in [0.1, 0.15) is 6.10 Å². The average molecular weight is 483 g/mol. The fourth-order valence-electron chi connectivity index (χ4n) is 8.48. The van der Waals surface area contributed by atoms with Crippen molar-refractivity contribution in [3.8, 4) is 0 Å². The predicted molar refractivity (Wildman–Crippen MR) is 135 cm³/mol. The molecule has 0 aliphatic heterocycles. The van der Waals surface area contributed by atoms with Gasteiger partial charge in [0, 0.05) is 24.3 Å². The number of allylic oxidation sites excluding steroid dienone is 4. The van der Waals surface area contributed by atoms with Gasteiger partial charge in [-0.15, -0.1) is 0 Å². The summed E-state index contributed by atoms with van der Waals surface area (Å²) in [7, 11) is 1.38. The molecule has 3 saturated carbocycles. The fourth-order valence-corrected chi connectivity index (χ4v) is 8.48. The minimum atomic E-state index is -0.344. The smallest absolute Gasteiger partial charge is 0.333 e. The van der Waals surface area contributed by atoms with Gasteiger partial charge in [-0.25, -0.2) is 4.79 Å². The van der Waals surface area contributed by atoms with E-state index in [1.165, 1.54) is 45.3 Å². The van der Waals surface area contributed by atoms with Gasteiger partial charge >= 0.3 is 11.9 Å².